The molecular weight excluding hydrogens is 490 g/mol. The van der Waals surface area contributed by atoms with Gasteiger partial charge in [0.05, 0.1) is 24.7 Å². The summed E-state index contributed by atoms with van der Waals surface area (Å²) in [5.74, 6) is 0.551. The summed E-state index contributed by atoms with van der Waals surface area (Å²) < 4.78 is 5.11. The van der Waals surface area contributed by atoms with E-state index < -0.39 is 5.97 Å². The molecule has 0 heterocycles. The second kappa shape index (κ2) is 19.2. The van der Waals surface area contributed by atoms with Crippen LogP contribution in [0.4, 0.5) is 0 Å². The van der Waals surface area contributed by atoms with E-state index in [4.69, 9.17) is 21.0 Å². The molecule has 0 radical (unpaired) electrons. The molecule has 0 amide bonds. The van der Waals surface area contributed by atoms with Gasteiger partial charge in [0.2, 0.25) is 0 Å². The van der Waals surface area contributed by atoms with Crippen molar-refractivity contribution in [2.45, 2.75) is 97.9 Å². The summed E-state index contributed by atoms with van der Waals surface area (Å²) in [4.78, 5) is 22.6. The van der Waals surface area contributed by atoms with Gasteiger partial charge < -0.3 is 20.4 Å². The fourth-order valence-electron chi connectivity index (χ4n) is 5.97. The third-order valence-corrected chi connectivity index (χ3v) is 8.18. The molecule has 2 aliphatic carbocycles. The average Bonchev–Trinajstić information content (AvgIpc) is 3.56. The Morgan fingerprint density at radius 2 is 1.41 bits per heavy atom. The first-order valence-electron chi connectivity index (χ1n) is 14.6. The van der Waals surface area contributed by atoms with Gasteiger partial charge in [0.25, 0.3) is 0 Å². The van der Waals surface area contributed by atoms with Crippen molar-refractivity contribution in [2.75, 3.05) is 6.61 Å². The van der Waals surface area contributed by atoms with Crippen LogP contribution in [-0.4, -0.2) is 18.5 Å². The molecule has 7 heteroatoms. The highest BCUT2D eigenvalue weighted by atomic mass is 16.5. The van der Waals surface area contributed by atoms with Crippen LogP contribution in [0.5, 0.6) is 0 Å². The van der Waals surface area contributed by atoms with Crippen molar-refractivity contribution in [3.63, 3.8) is 0 Å². The molecule has 1 aromatic rings. The third-order valence-electron chi connectivity index (χ3n) is 8.18. The summed E-state index contributed by atoms with van der Waals surface area (Å²) in [7, 11) is 0. The van der Waals surface area contributed by atoms with Crippen molar-refractivity contribution in [2.24, 2.45) is 41.2 Å². The molecule has 7 nitrogen and oxygen atoms in total. The highest BCUT2D eigenvalue weighted by molar-refractivity contribution is 5.73. The molecular formula is C32H48N3O4-. The van der Waals surface area contributed by atoms with Gasteiger partial charge >= 0.3 is 5.97 Å². The summed E-state index contributed by atoms with van der Waals surface area (Å²) >= 11 is 0. The highest BCUT2D eigenvalue weighted by Crippen LogP contribution is 2.41. The van der Waals surface area contributed by atoms with Gasteiger partial charge in [-0.1, -0.05) is 57.0 Å². The zero-order valence-corrected chi connectivity index (χ0v) is 24.3. The maximum absolute atomic E-state index is 11.7. The third kappa shape index (κ3) is 12.2. The van der Waals surface area contributed by atoms with Crippen LogP contribution < -0.4 is 10.8 Å². The lowest BCUT2D eigenvalue weighted by atomic mass is 9.94. The van der Waals surface area contributed by atoms with Crippen molar-refractivity contribution >= 4 is 11.9 Å². The number of esters is 1. The van der Waals surface area contributed by atoms with Gasteiger partial charge in [-0.05, 0) is 81.6 Å². The molecule has 0 aliphatic heterocycles. The molecule has 0 spiro atoms. The van der Waals surface area contributed by atoms with E-state index in [-0.39, 0.29) is 29.8 Å². The van der Waals surface area contributed by atoms with E-state index in [1.165, 1.54) is 5.56 Å². The van der Waals surface area contributed by atoms with Crippen LogP contribution in [0.2, 0.25) is 0 Å². The number of hydrogen-bond acceptors (Lipinski definition) is 7. The van der Waals surface area contributed by atoms with Crippen molar-refractivity contribution in [1.29, 1.82) is 10.5 Å². The predicted octanol–water partition coefficient (Wildman–Crippen LogP) is 5.70. The van der Waals surface area contributed by atoms with Crippen LogP contribution in [0.3, 0.4) is 0 Å². The van der Waals surface area contributed by atoms with Crippen molar-refractivity contribution in [1.82, 2.24) is 0 Å². The average molecular weight is 539 g/mol. The molecule has 3 rings (SSSR count). The first kappa shape index (κ1) is 34.1. The number of ether oxygens (including phenoxy) is 1. The molecule has 2 aliphatic rings. The first-order valence-corrected chi connectivity index (χ1v) is 14.6. The minimum absolute atomic E-state index is 0.0335. The topological polar surface area (TPSA) is 140 Å². The van der Waals surface area contributed by atoms with E-state index in [9.17, 15) is 14.7 Å². The summed E-state index contributed by atoms with van der Waals surface area (Å²) in [5, 5.41) is 27.8. The normalized spacial score (nSPS) is 26.0. The number of aliphatic carboxylic acids is 1. The number of nitrogens with zero attached hydrogens (tertiary/aromatic N) is 2. The quantitative estimate of drug-likeness (QED) is 0.376. The number of carboxylic acid groups (broad SMARTS) is 1. The van der Waals surface area contributed by atoms with Crippen molar-refractivity contribution in [3.05, 3.63) is 35.9 Å². The Morgan fingerprint density at radius 1 is 0.923 bits per heavy atom. The molecule has 1 aromatic carbocycles. The standard InChI is InChI=1S/C13H21NO2.C11H17NO2.C8H11N/c1-3-11-8-10(6-5-7-14)9-12(11)13(15)16-4-2;1-2-9-6-8(4-3-5-12)7-10(9)11(13)14;1-7(9)8-5-3-2-4-6-8/h10-12H,3-6,8-9H2,1-2H3;8-10H,2-4,6-7H2,1H3,(H,13,14);2-7H,9H2,1H3/p-1/t;8-,9-,10+;7-/m.10/s1. The van der Waals surface area contributed by atoms with E-state index in [0.717, 1.165) is 44.9 Å². The molecule has 2 N–H and O–H groups in total. The van der Waals surface area contributed by atoms with Crippen molar-refractivity contribution in [3.8, 4) is 12.1 Å². The Balaban J connectivity index is 0.000000303. The molecule has 2 saturated carbocycles. The fourth-order valence-corrected chi connectivity index (χ4v) is 5.97. The molecule has 0 saturated heterocycles. The Hall–Kier alpha value is -2.90. The van der Waals surface area contributed by atoms with Gasteiger partial charge in [0.15, 0.2) is 0 Å². The van der Waals surface area contributed by atoms with Gasteiger partial charge in [-0.2, -0.15) is 10.5 Å². The number of rotatable bonds is 10. The van der Waals surface area contributed by atoms with Crippen LogP contribution >= 0.6 is 0 Å². The number of nitrogens with two attached hydrogens (primary N) is 1. The van der Waals surface area contributed by atoms with Gasteiger partial charge in [-0.25, -0.2) is 0 Å². The summed E-state index contributed by atoms with van der Waals surface area (Å²) in [6.07, 6.45) is 8.53. The van der Waals surface area contributed by atoms with Gasteiger partial charge in [-0.15, -0.1) is 0 Å². The number of carboxylic acids is 1. The number of hydrogen-bond donors (Lipinski definition) is 1. The Labute approximate surface area is 235 Å². The molecule has 0 bridgehead atoms. The molecule has 216 valence electrons. The zero-order chi connectivity index (χ0) is 29.2. The fraction of sp³-hybridized carbons (Fsp3) is 0.688. The number of benzene rings is 1. The molecule has 0 aromatic heterocycles. The summed E-state index contributed by atoms with van der Waals surface area (Å²) in [5.41, 5.74) is 6.81. The molecule has 39 heavy (non-hydrogen) atoms. The lowest BCUT2D eigenvalue weighted by molar-refractivity contribution is -0.312. The van der Waals surface area contributed by atoms with Crippen LogP contribution in [0.15, 0.2) is 30.3 Å². The van der Waals surface area contributed by atoms with Crippen molar-refractivity contribution < 1.29 is 19.4 Å². The van der Waals surface area contributed by atoms with E-state index in [0.29, 0.717) is 43.6 Å². The second-order valence-corrected chi connectivity index (χ2v) is 10.9. The largest absolute Gasteiger partial charge is 0.550 e. The van der Waals surface area contributed by atoms with Gasteiger partial charge in [0.1, 0.15) is 0 Å². The maximum atomic E-state index is 11.7. The number of carbonyl (C=O) groups excluding carboxylic acids is 2. The highest BCUT2D eigenvalue weighted by Gasteiger charge is 2.38. The Kier molecular flexibility index (Phi) is 16.8. The zero-order valence-electron chi connectivity index (χ0n) is 24.3. The van der Waals surface area contributed by atoms with E-state index >= 15 is 0 Å². The molecule has 7 atom stereocenters. The second-order valence-electron chi connectivity index (χ2n) is 10.9. The minimum atomic E-state index is -0.906. The van der Waals surface area contributed by atoms with E-state index in [1.54, 1.807) is 0 Å². The Bertz CT molecular complexity index is 922. The van der Waals surface area contributed by atoms with Crippen LogP contribution in [-0.2, 0) is 14.3 Å². The number of nitriles is 2. The summed E-state index contributed by atoms with van der Waals surface area (Å²) in [6, 6.07) is 14.5. The monoisotopic (exact) mass is 538 g/mol. The van der Waals surface area contributed by atoms with Crippen LogP contribution in [0, 0.1) is 58.2 Å². The minimum Gasteiger partial charge on any atom is -0.550 e. The summed E-state index contributed by atoms with van der Waals surface area (Å²) in [6.45, 7) is 8.45. The SMILES string of the molecule is CCOC(=O)C1CC(CCC#N)CC1CC.CC[C@@H]1C[C@@H](CCC#N)C[C@@H]1C(=O)[O-].C[C@H](N)c1ccccc1. The lowest BCUT2D eigenvalue weighted by Crippen LogP contribution is -2.33. The first-order chi connectivity index (χ1) is 18.7. The van der Waals surface area contributed by atoms with Crippen LogP contribution in [0.1, 0.15) is 104 Å². The van der Waals surface area contributed by atoms with Crippen LogP contribution in [0.25, 0.3) is 0 Å². The van der Waals surface area contributed by atoms with E-state index in [1.807, 2.05) is 51.1 Å². The predicted molar refractivity (Wildman–Crippen MR) is 150 cm³/mol. The van der Waals surface area contributed by atoms with Gasteiger partial charge in [0, 0.05) is 30.8 Å². The van der Waals surface area contributed by atoms with Gasteiger partial charge in [-0.3, -0.25) is 4.79 Å². The number of carbonyl (C=O) groups is 2. The maximum Gasteiger partial charge on any atom is 0.309 e. The molecule has 3 unspecified atom stereocenters. The van der Waals surface area contributed by atoms with E-state index in [2.05, 4.69) is 19.1 Å². The lowest BCUT2D eigenvalue weighted by Gasteiger charge is -2.18. The smallest absolute Gasteiger partial charge is 0.309 e. The Morgan fingerprint density at radius 3 is 1.77 bits per heavy atom. The molecule has 2 fully saturated rings.